The maximum Gasteiger partial charge on any atom is 0.257 e. The van der Waals surface area contributed by atoms with Crippen molar-refractivity contribution in [2.75, 3.05) is 51.5 Å². The molecule has 0 saturated carbocycles. The van der Waals surface area contributed by atoms with E-state index in [9.17, 15) is 14.0 Å². The van der Waals surface area contributed by atoms with Crippen molar-refractivity contribution in [3.63, 3.8) is 0 Å². The fourth-order valence-electron chi connectivity index (χ4n) is 5.14. The number of methoxy groups -OCH3 is 1. The second-order valence-electron chi connectivity index (χ2n) is 10.2. The number of hydrogen-bond donors (Lipinski definition) is 0. The van der Waals surface area contributed by atoms with Crippen LogP contribution in [0, 0.1) is 5.82 Å². The van der Waals surface area contributed by atoms with Crippen LogP contribution < -0.4 is 19.1 Å². The largest absolute Gasteiger partial charge is 0.497 e. The van der Waals surface area contributed by atoms with Gasteiger partial charge in [0.25, 0.3) is 5.91 Å². The Kier molecular flexibility index (Phi) is 8.03. The molecule has 0 radical (unpaired) electrons. The normalized spacial score (nSPS) is 14.0. The highest BCUT2D eigenvalue weighted by Crippen LogP contribution is 2.33. The predicted molar refractivity (Wildman–Crippen MR) is 157 cm³/mol. The molecule has 1 saturated heterocycles. The average molecular weight is 584 g/mol. The molecule has 43 heavy (non-hydrogen) atoms. The van der Waals surface area contributed by atoms with Gasteiger partial charge in [-0.05, 0) is 54.1 Å². The Labute approximate surface area is 248 Å². The Morgan fingerprint density at radius 1 is 0.907 bits per heavy atom. The predicted octanol–water partition coefficient (Wildman–Crippen LogP) is 4.01. The van der Waals surface area contributed by atoms with Crippen LogP contribution in [0.2, 0.25) is 0 Å². The summed E-state index contributed by atoms with van der Waals surface area (Å²) in [6, 6.07) is 22.6. The Morgan fingerprint density at radius 2 is 1.72 bits per heavy atom. The number of hydrogen-bond acceptors (Lipinski definition) is 8. The van der Waals surface area contributed by atoms with E-state index in [2.05, 4.69) is 15.1 Å². The molecule has 4 aromatic rings. The number of halogens is 1. The molecule has 1 aromatic heterocycles. The van der Waals surface area contributed by atoms with Gasteiger partial charge in [0.1, 0.15) is 18.1 Å². The van der Waals surface area contributed by atoms with Gasteiger partial charge in [-0.1, -0.05) is 30.3 Å². The summed E-state index contributed by atoms with van der Waals surface area (Å²) in [7, 11) is 1.62. The van der Waals surface area contributed by atoms with Crippen LogP contribution in [0.3, 0.4) is 0 Å². The van der Waals surface area contributed by atoms with Gasteiger partial charge in [0.2, 0.25) is 12.7 Å². The zero-order valence-electron chi connectivity index (χ0n) is 23.6. The lowest BCUT2D eigenvalue weighted by Gasteiger charge is -2.36. The number of ether oxygens (including phenoxy) is 3. The number of piperazine rings is 1. The Balaban J connectivity index is 1.11. The second kappa shape index (κ2) is 12.4. The fourth-order valence-corrected chi connectivity index (χ4v) is 5.14. The Hall–Kier alpha value is -5.19. The smallest absolute Gasteiger partial charge is 0.257 e. The van der Waals surface area contributed by atoms with E-state index in [0.29, 0.717) is 37.7 Å². The van der Waals surface area contributed by atoms with Crippen molar-refractivity contribution in [2.24, 2.45) is 0 Å². The molecule has 0 aliphatic carbocycles. The van der Waals surface area contributed by atoms with Crippen LogP contribution in [-0.4, -0.2) is 78.4 Å². The number of rotatable bonds is 8. The standard InChI is InChI=1S/C32H30FN5O5/c1-41-24-6-4-5-23(18-24)27-10-12-30(35-34-27)36-13-15-37(16-14-36)31(39)20-38(32(40)25-7-2-3-8-26(25)33)19-22-9-11-28-29(17-22)43-21-42-28/h2-12,17-18H,13-16,19-21H2,1H3. The van der Waals surface area contributed by atoms with Gasteiger partial charge < -0.3 is 28.9 Å². The van der Waals surface area contributed by atoms with Crippen molar-refractivity contribution in [3.8, 4) is 28.5 Å². The SMILES string of the molecule is COc1cccc(-c2ccc(N3CCN(C(=O)CN(Cc4ccc5c(c4)OCO5)C(=O)c4ccccc4F)CC3)nn2)c1. The van der Waals surface area contributed by atoms with Gasteiger partial charge in [-0.15, -0.1) is 10.2 Å². The first-order valence-electron chi connectivity index (χ1n) is 13.9. The third kappa shape index (κ3) is 6.20. The summed E-state index contributed by atoms with van der Waals surface area (Å²) in [4.78, 5) is 32.1. The van der Waals surface area contributed by atoms with E-state index in [0.717, 1.165) is 28.4 Å². The number of benzene rings is 3. The summed E-state index contributed by atoms with van der Waals surface area (Å²) in [5.41, 5.74) is 2.29. The third-order valence-corrected chi connectivity index (χ3v) is 7.50. The van der Waals surface area contributed by atoms with Crippen LogP contribution in [0.5, 0.6) is 17.2 Å². The van der Waals surface area contributed by atoms with Crippen LogP contribution in [0.15, 0.2) is 78.9 Å². The summed E-state index contributed by atoms with van der Waals surface area (Å²) in [5, 5.41) is 8.80. The summed E-state index contributed by atoms with van der Waals surface area (Å²) < 4.78 is 30.7. The van der Waals surface area contributed by atoms with Crippen LogP contribution in [0.4, 0.5) is 10.2 Å². The van der Waals surface area contributed by atoms with Crippen LogP contribution in [0.25, 0.3) is 11.3 Å². The maximum absolute atomic E-state index is 14.6. The molecule has 6 rings (SSSR count). The number of anilines is 1. The van der Waals surface area contributed by atoms with Crippen LogP contribution >= 0.6 is 0 Å². The van der Waals surface area contributed by atoms with Crippen LogP contribution in [-0.2, 0) is 11.3 Å². The molecule has 3 heterocycles. The van der Waals surface area contributed by atoms with Gasteiger partial charge in [0.05, 0.1) is 18.4 Å². The molecule has 220 valence electrons. The molecule has 2 amide bonds. The van der Waals surface area contributed by atoms with E-state index in [1.807, 2.05) is 36.4 Å². The molecule has 0 bridgehead atoms. The van der Waals surface area contributed by atoms with Gasteiger partial charge in [-0.25, -0.2) is 4.39 Å². The highest BCUT2D eigenvalue weighted by atomic mass is 19.1. The first-order chi connectivity index (χ1) is 21.0. The highest BCUT2D eigenvalue weighted by molar-refractivity contribution is 5.96. The molecule has 1 fully saturated rings. The van der Waals surface area contributed by atoms with E-state index >= 15 is 0 Å². The molecule has 0 unspecified atom stereocenters. The summed E-state index contributed by atoms with van der Waals surface area (Å²) in [6.45, 7) is 2.04. The monoisotopic (exact) mass is 583 g/mol. The van der Waals surface area contributed by atoms with E-state index in [4.69, 9.17) is 14.2 Å². The van der Waals surface area contributed by atoms with Crippen molar-refractivity contribution < 1.29 is 28.2 Å². The first-order valence-corrected chi connectivity index (χ1v) is 13.9. The van der Waals surface area contributed by atoms with Gasteiger partial charge in [-0.3, -0.25) is 9.59 Å². The molecular weight excluding hydrogens is 553 g/mol. The summed E-state index contributed by atoms with van der Waals surface area (Å²) in [6.07, 6.45) is 0. The molecule has 11 heteroatoms. The molecule has 2 aliphatic heterocycles. The molecular formula is C32H30FN5O5. The van der Waals surface area contributed by atoms with Gasteiger partial charge >= 0.3 is 0 Å². The molecule has 0 atom stereocenters. The second-order valence-corrected chi connectivity index (χ2v) is 10.2. The lowest BCUT2D eigenvalue weighted by molar-refractivity contribution is -0.132. The highest BCUT2D eigenvalue weighted by Gasteiger charge is 2.27. The van der Waals surface area contributed by atoms with Gasteiger partial charge in [0.15, 0.2) is 17.3 Å². The van der Waals surface area contributed by atoms with E-state index in [1.165, 1.54) is 23.1 Å². The quantitative estimate of drug-likeness (QED) is 0.307. The number of aromatic nitrogens is 2. The minimum atomic E-state index is -0.636. The van der Waals surface area contributed by atoms with Crippen molar-refractivity contribution >= 4 is 17.6 Å². The molecule has 0 N–H and O–H groups in total. The molecule has 2 aliphatic rings. The van der Waals surface area contributed by atoms with E-state index in [-0.39, 0.29) is 31.4 Å². The van der Waals surface area contributed by atoms with Gasteiger partial charge in [0, 0.05) is 38.3 Å². The minimum Gasteiger partial charge on any atom is -0.497 e. The maximum atomic E-state index is 14.6. The summed E-state index contributed by atoms with van der Waals surface area (Å²) >= 11 is 0. The van der Waals surface area contributed by atoms with E-state index in [1.54, 1.807) is 36.3 Å². The topological polar surface area (TPSA) is 97.3 Å². The Bertz CT molecular complexity index is 1620. The molecule has 0 spiro atoms. The Morgan fingerprint density at radius 3 is 2.49 bits per heavy atom. The van der Waals surface area contributed by atoms with Crippen molar-refractivity contribution in [1.29, 1.82) is 0 Å². The fraction of sp³-hybridized carbons (Fsp3) is 0.250. The van der Waals surface area contributed by atoms with Crippen molar-refractivity contribution in [3.05, 3.63) is 95.8 Å². The summed E-state index contributed by atoms with van der Waals surface area (Å²) in [5.74, 6) is 1.23. The van der Waals surface area contributed by atoms with Crippen molar-refractivity contribution in [2.45, 2.75) is 6.54 Å². The zero-order chi connectivity index (χ0) is 29.8. The van der Waals surface area contributed by atoms with E-state index < -0.39 is 11.7 Å². The van der Waals surface area contributed by atoms with Crippen molar-refractivity contribution in [1.82, 2.24) is 20.0 Å². The first kappa shape index (κ1) is 28.0. The number of fused-ring (bicyclic) bond motifs is 1. The number of amides is 2. The van der Waals surface area contributed by atoms with Crippen LogP contribution in [0.1, 0.15) is 15.9 Å². The number of carbonyl (C=O) groups excluding carboxylic acids is 2. The lowest BCUT2D eigenvalue weighted by atomic mass is 10.1. The van der Waals surface area contributed by atoms with Gasteiger partial charge in [-0.2, -0.15) is 0 Å². The average Bonchev–Trinajstić information content (AvgIpc) is 3.53. The molecule has 10 nitrogen and oxygen atoms in total. The zero-order valence-corrected chi connectivity index (χ0v) is 23.6. The number of nitrogens with zero attached hydrogens (tertiary/aromatic N) is 5. The molecule has 3 aromatic carbocycles. The number of carbonyl (C=O) groups is 2. The lowest BCUT2D eigenvalue weighted by Crippen LogP contribution is -2.52. The minimum absolute atomic E-state index is 0.0863. The third-order valence-electron chi connectivity index (χ3n) is 7.50.